The molecule has 1 aromatic heterocycles. The summed E-state index contributed by atoms with van der Waals surface area (Å²) in [7, 11) is -3.66. The number of sulfonamides is 1. The number of anilines is 1. The molecule has 10 heteroatoms. The minimum Gasteiger partial charge on any atom is -0.353 e. The van der Waals surface area contributed by atoms with E-state index in [0.717, 1.165) is 0 Å². The van der Waals surface area contributed by atoms with Crippen molar-refractivity contribution in [1.29, 1.82) is 0 Å². The number of piperazine rings is 1. The van der Waals surface area contributed by atoms with Gasteiger partial charge in [0, 0.05) is 37.8 Å². The number of benzene rings is 1. The molecule has 0 bridgehead atoms. The number of hydrogen-bond acceptors (Lipinski definition) is 6. The van der Waals surface area contributed by atoms with Gasteiger partial charge in [-0.15, -0.1) is 4.40 Å². The summed E-state index contributed by atoms with van der Waals surface area (Å²) >= 11 is 0. The van der Waals surface area contributed by atoms with E-state index in [0.29, 0.717) is 49.2 Å². The Labute approximate surface area is 155 Å². The van der Waals surface area contributed by atoms with Crippen LogP contribution in [-0.2, 0) is 10.0 Å². The van der Waals surface area contributed by atoms with Crippen LogP contribution in [0.5, 0.6) is 0 Å². The van der Waals surface area contributed by atoms with E-state index in [1.165, 1.54) is 6.07 Å². The molecule has 2 aromatic rings. The summed E-state index contributed by atoms with van der Waals surface area (Å²) in [5, 5.41) is 0. The molecular formula is C17H17F2N5O2S. The van der Waals surface area contributed by atoms with Gasteiger partial charge in [0.2, 0.25) is 0 Å². The first kappa shape index (κ1) is 17.8. The highest BCUT2D eigenvalue weighted by molar-refractivity contribution is 7.90. The molecule has 0 amide bonds. The zero-order chi connectivity index (χ0) is 19.2. The molecule has 0 atom stereocenters. The lowest BCUT2D eigenvalue weighted by molar-refractivity contribution is 0.145. The zero-order valence-corrected chi connectivity index (χ0v) is 15.3. The van der Waals surface area contributed by atoms with Crippen LogP contribution in [0.15, 0.2) is 39.6 Å². The monoisotopic (exact) mass is 393 g/mol. The maximum Gasteiger partial charge on any atom is 0.285 e. The van der Waals surface area contributed by atoms with Gasteiger partial charge < -0.3 is 9.80 Å². The van der Waals surface area contributed by atoms with E-state index in [9.17, 15) is 17.2 Å². The molecule has 0 N–H and O–H groups in total. The molecule has 0 saturated carbocycles. The molecule has 1 fully saturated rings. The Morgan fingerprint density at radius 1 is 1.04 bits per heavy atom. The number of fused-ring (bicyclic) bond motifs is 1. The number of halogens is 2. The van der Waals surface area contributed by atoms with Crippen LogP contribution in [0.25, 0.3) is 0 Å². The summed E-state index contributed by atoms with van der Waals surface area (Å²) in [6.45, 7) is 3.63. The van der Waals surface area contributed by atoms with Crippen molar-refractivity contribution in [2.45, 2.75) is 18.2 Å². The minimum atomic E-state index is -3.66. The van der Waals surface area contributed by atoms with Crippen molar-refractivity contribution in [3.63, 3.8) is 0 Å². The fourth-order valence-corrected chi connectivity index (χ4v) is 4.54. The summed E-state index contributed by atoms with van der Waals surface area (Å²) in [6, 6.07) is 8.05. The van der Waals surface area contributed by atoms with E-state index in [1.54, 1.807) is 31.2 Å². The number of aromatic nitrogens is 2. The van der Waals surface area contributed by atoms with E-state index in [2.05, 4.69) is 14.4 Å². The van der Waals surface area contributed by atoms with Gasteiger partial charge in [-0.3, -0.25) is 0 Å². The van der Waals surface area contributed by atoms with Gasteiger partial charge in [-0.05, 0) is 19.1 Å². The van der Waals surface area contributed by atoms with Crippen LogP contribution < -0.4 is 4.90 Å². The van der Waals surface area contributed by atoms with Gasteiger partial charge in [0.05, 0.1) is 0 Å². The largest absolute Gasteiger partial charge is 0.353 e. The van der Waals surface area contributed by atoms with E-state index < -0.39 is 16.4 Å². The normalized spacial score (nSPS) is 18.6. The van der Waals surface area contributed by atoms with Gasteiger partial charge in [0.25, 0.3) is 16.4 Å². The maximum atomic E-state index is 13.0. The lowest BCUT2D eigenvalue weighted by atomic mass is 10.1. The molecule has 3 heterocycles. The Morgan fingerprint density at radius 3 is 2.41 bits per heavy atom. The molecule has 27 heavy (non-hydrogen) atoms. The highest BCUT2D eigenvalue weighted by Gasteiger charge is 2.33. The molecule has 0 spiro atoms. The minimum absolute atomic E-state index is 0.218. The standard InChI is InChI=1S/C17H17F2N5O2S/c1-11-20-13(16(18)19)10-15(21-11)23-6-8-24(9-7-23)17-12-4-2-3-5-14(12)27(25,26)22-17/h2-5,10,16H,6-9H2,1H3. The van der Waals surface area contributed by atoms with Crippen molar-refractivity contribution in [1.82, 2.24) is 14.9 Å². The van der Waals surface area contributed by atoms with E-state index in [4.69, 9.17) is 0 Å². The topological polar surface area (TPSA) is 78.8 Å². The average Bonchev–Trinajstić information content (AvgIpc) is 2.93. The molecule has 4 rings (SSSR count). The van der Waals surface area contributed by atoms with Crippen LogP contribution in [-0.4, -0.2) is 55.3 Å². The van der Waals surface area contributed by atoms with E-state index in [-0.39, 0.29) is 10.6 Å². The first-order chi connectivity index (χ1) is 12.8. The van der Waals surface area contributed by atoms with Crippen molar-refractivity contribution in [2.75, 3.05) is 31.1 Å². The third-order valence-corrected chi connectivity index (χ3v) is 5.91. The van der Waals surface area contributed by atoms with Crippen molar-refractivity contribution in [3.8, 4) is 0 Å². The molecule has 2 aliphatic rings. The van der Waals surface area contributed by atoms with E-state index in [1.807, 2.05) is 9.80 Å². The maximum absolute atomic E-state index is 13.0. The Balaban J connectivity index is 1.54. The predicted molar refractivity (Wildman–Crippen MR) is 95.7 cm³/mol. The summed E-state index contributed by atoms with van der Waals surface area (Å²) in [4.78, 5) is 12.0. The van der Waals surface area contributed by atoms with Gasteiger partial charge in [0.15, 0.2) is 5.84 Å². The molecule has 1 aromatic carbocycles. The molecule has 0 radical (unpaired) electrons. The van der Waals surface area contributed by atoms with Crippen LogP contribution >= 0.6 is 0 Å². The van der Waals surface area contributed by atoms with Gasteiger partial charge >= 0.3 is 0 Å². The van der Waals surface area contributed by atoms with Gasteiger partial charge in [-0.25, -0.2) is 18.7 Å². The molecule has 0 aliphatic carbocycles. The summed E-state index contributed by atoms with van der Waals surface area (Å²) in [6.07, 6.45) is -2.65. The number of rotatable bonds is 2. The zero-order valence-electron chi connectivity index (χ0n) is 14.5. The molecule has 0 unspecified atom stereocenters. The number of alkyl halides is 2. The summed E-state index contributed by atoms with van der Waals surface area (Å²) < 4.78 is 54.3. The average molecular weight is 393 g/mol. The first-order valence-corrected chi connectivity index (χ1v) is 9.87. The van der Waals surface area contributed by atoms with Gasteiger partial charge in [0.1, 0.15) is 22.2 Å². The summed E-state index contributed by atoms with van der Waals surface area (Å²) in [5.41, 5.74) is 0.309. The fourth-order valence-electron chi connectivity index (χ4n) is 3.31. The second kappa shape index (κ2) is 6.52. The third-order valence-electron chi connectivity index (χ3n) is 4.58. The quantitative estimate of drug-likeness (QED) is 0.777. The van der Waals surface area contributed by atoms with Gasteiger partial charge in [-0.2, -0.15) is 8.42 Å². The highest BCUT2D eigenvalue weighted by atomic mass is 32.2. The van der Waals surface area contributed by atoms with Crippen molar-refractivity contribution >= 4 is 21.7 Å². The highest BCUT2D eigenvalue weighted by Crippen LogP contribution is 2.28. The Hall–Kier alpha value is -2.62. The Kier molecular flexibility index (Phi) is 4.29. The second-order valence-corrected chi connectivity index (χ2v) is 7.93. The SMILES string of the molecule is Cc1nc(C(F)F)cc(N2CCN(C3=NS(=O)(=O)c4ccccc43)CC2)n1. The third kappa shape index (κ3) is 3.25. The number of aryl methyl sites for hydroxylation is 1. The fraction of sp³-hybridized carbons (Fsp3) is 0.353. The van der Waals surface area contributed by atoms with E-state index >= 15 is 0 Å². The van der Waals surface area contributed by atoms with Crippen LogP contribution in [0.3, 0.4) is 0 Å². The van der Waals surface area contributed by atoms with Crippen LogP contribution in [0.4, 0.5) is 14.6 Å². The molecular weight excluding hydrogens is 376 g/mol. The predicted octanol–water partition coefficient (Wildman–Crippen LogP) is 1.99. The van der Waals surface area contributed by atoms with Crippen LogP contribution in [0.2, 0.25) is 0 Å². The van der Waals surface area contributed by atoms with Gasteiger partial charge in [-0.1, -0.05) is 12.1 Å². The smallest absolute Gasteiger partial charge is 0.285 e. The number of nitrogens with zero attached hydrogens (tertiary/aromatic N) is 5. The van der Waals surface area contributed by atoms with Crippen LogP contribution in [0, 0.1) is 6.92 Å². The van der Waals surface area contributed by atoms with Crippen LogP contribution in [0.1, 0.15) is 23.5 Å². The van der Waals surface area contributed by atoms with Crippen molar-refractivity contribution in [2.24, 2.45) is 4.40 Å². The van der Waals surface area contributed by atoms with Crippen molar-refractivity contribution < 1.29 is 17.2 Å². The first-order valence-electron chi connectivity index (χ1n) is 8.43. The molecule has 1 saturated heterocycles. The molecule has 2 aliphatic heterocycles. The Morgan fingerprint density at radius 2 is 1.70 bits per heavy atom. The molecule has 7 nitrogen and oxygen atoms in total. The Bertz CT molecular complexity index is 1020. The number of hydrogen-bond donors (Lipinski definition) is 0. The van der Waals surface area contributed by atoms with Crippen molar-refractivity contribution in [3.05, 3.63) is 47.4 Å². The lowest BCUT2D eigenvalue weighted by Gasteiger charge is -2.36. The lowest BCUT2D eigenvalue weighted by Crippen LogP contribution is -2.49. The molecule has 142 valence electrons. The summed E-state index contributed by atoms with van der Waals surface area (Å²) in [5.74, 6) is 1.20. The number of amidine groups is 1. The second-order valence-electron chi connectivity index (χ2n) is 6.36.